The number of carbonyl (C=O) groups is 2. The van der Waals surface area contributed by atoms with Crippen molar-refractivity contribution in [2.45, 2.75) is 6.92 Å². The van der Waals surface area contributed by atoms with Crippen LogP contribution >= 0.6 is 0 Å². The molecule has 0 fully saturated rings. The number of carboxylic acid groups (broad SMARTS) is 1. The van der Waals surface area contributed by atoms with Crippen LogP contribution in [0.5, 0.6) is 0 Å². The molecule has 0 saturated carbocycles. The zero-order valence-corrected chi connectivity index (χ0v) is 9.16. The van der Waals surface area contributed by atoms with Crippen LogP contribution in [0.2, 0.25) is 0 Å². The fourth-order valence-corrected chi connectivity index (χ4v) is 0.348. The minimum atomic E-state index is -0.981. The van der Waals surface area contributed by atoms with E-state index in [0.29, 0.717) is 17.0 Å². The van der Waals surface area contributed by atoms with Crippen LogP contribution in [-0.2, 0) is 9.53 Å². The highest BCUT2D eigenvalue weighted by Crippen LogP contribution is 1.70. The van der Waals surface area contributed by atoms with Gasteiger partial charge in [0.15, 0.2) is 0 Å². The predicted molar refractivity (Wildman–Crippen MR) is 47.9 cm³/mol. The molecule has 0 heterocycles. The molecule has 0 atom stereocenters. The fourth-order valence-electron chi connectivity index (χ4n) is 0.203. The van der Waals surface area contributed by atoms with Gasteiger partial charge in [-0.25, -0.2) is 9.59 Å². The Morgan fingerprint density at radius 1 is 1.75 bits per heavy atom. The van der Waals surface area contributed by atoms with E-state index in [1.54, 1.807) is 6.92 Å². The van der Waals surface area contributed by atoms with Crippen molar-refractivity contribution < 1.29 is 19.4 Å². The Kier molecular flexibility index (Phi) is 10.7. The molecule has 0 aliphatic carbocycles. The first-order valence-electron chi connectivity index (χ1n) is 3.28. The second-order valence-electron chi connectivity index (χ2n) is 1.51. The molecule has 0 aromatic rings. The van der Waals surface area contributed by atoms with Gasteiger partial charge in [-0.3, -0.25) is 0 Å². The van der Waals surface area contributed by atoms with E-state index < -0.39 is 5.97 Å². The van der Waals surface area contributed by atoms with Gasteiger partial charge in [0.2, 0.25) is 0 Å². The third kappa shape index (κ3) is 15.9. The topological polar surface area (TPSA) is 75.6 Å². The van der Waals surface area contributed by atoms with Gasteiger partial charge >= 0.3 is 12.1 Å². The molecule has 0 bridgehead atoms. The average Bonchev–Trinajstić information content (AvgIpc) is 2.06. The first-order valence-corrected chi connectivity index (χ1v) is 4.28. The summed E-state index contributed by atoms with van der Waals surface area (Å²) in [6.07, 6.45) is 0.522. The molecule has 2 N–H and O–H groups in total. The normalized spacial score (nSPS) is 7.42. The molecule has 70 valence electrons. The third-order valence-corrected chi connectivity index (χ3v) is 1.06. The SMILES string of the molecule is C=CC(=O)O.CCOC(=O)N[SiH3]. The molecule has 0 radical (unpaired) electrons. The molecule has 0 rings (SSSR count). The molecule has 1 amide bonds. The molecule has 0 aliphatic heterocycles. The summed E-state index contributed by atoms with van der Waals surface area (Å²) >= 11 is 0. The highest BCUT2D eigenvalue weighted by molar-refractivity contribution is 6.12. The molecule has 12 heavy (non-hydrogen) atoms. The van der Waals surface area contributed by atoms with E-state index in [0.717, 1.165) is 6.08 Å². The summed E-state index contributed by atoms with van der Waals surface area (Å²) in [6.45, 7) is 5.19. The van der Waals surface area contributed by atoms with Gasteiger partial charge in [0, 0.05) is 6.08 Å². The van der Waals surface area contributed by atoms with E-state index in [4.69, 9.17) is 5.11 Å². The smallest absolute Gasteiger partial charge is 0.398 e. The summed E-state index contributed by atoms with van der Waals surface area (Å²) in [5.74, 6) is -0.981. The Morgan fingerprint density at radius 2 is 2.17 bits per heavy atom. The maximum absolute atomic E-state index is 10.1. The summed E-state index contributed by atoms with van der Waals surface area (Å²) in [5.41, 5.74) is 0. The van der Waals surface area contributed by atoms with Crippen molar-refractivity contribution >= 4 is 22.5 Å². The number of rotatable bonds is 2. The Labute approximate surface area is 73.9 Å². The molecular weight excluding hydrogens is 178 g/mol. The van der Waals surface area contributed by atoms with Crippen LogP contribution in [0.15, 0.2) is 12.7 Å². The Hall–Kier alpha value is -1.30. The summed E-state index contributed by atoms with van der Waals surface area (Å²) in [4.78, 5) is 21.8. The third-order valence-electron chi connectivity index (χ3n) is 0.654. The first kappa shape index (κ1) is 13.3. The Balaban J connectivity index is 0. The van der Waals surface area contributed by atoms with Gasteiger partial charge in [-0.1, -0.05) is 6.58 Å². The summed E-state index contributed by atoms with van der Waals surface area (Å²) in [5, 5.41) is 7.60. The van der Waals surface area contributed by atoms with Crippen LogP contribution in [0.1, 0.15) is 6.92 Å². The van der Waals surface area contributed by atoms with E-state index in [-0.39, 0.29) is 6.09 Å². The minimum absolute atomic E-state index is 0.311. The lowest BCUT2D eigenvalue weighted by atomic mass is 10.7. The largest absolute Gasteiger partial charge is 0.478 e. The number of hydrogen-bond donors (Lipinski definition) is 2. The lowest BCUT2D eigenvalue weighted by Crippen LogP contribution is -2.20. The lowest BCUT2D eigenvalue weighted by Gasteiger charge is -1.96. The maximum atomic E-state index is 10.1. The van der Waals surface area contributed by atoms with Crippen LogP contribution in [-0.4, -0.2) is 34.2 Å². The van der Waals surface area contributed by atoms with Crippen molar-refractivity contribution in [3.63, 3.8) is 0 Å². The van der Waals surface area contributed by atoms with Gasteiger partial charge in [0.25, 0.3) is 0 Å². The zero-order valence-electron chi connectivity index (χ0n) is 7.16. The van der Waals surface area contributed by atoms with Gasteiger partial charge in [-0.2, -0.15) is 0 Å². The second-order valence-corrected chi connectivity index (χ2v) is 2.01. The van der Waals surface area contributed by atoms with E-state index in [2.05, 4.69) is 16.3 Å². The van der Waals surface area contributed by atoms with Crippen molar-refractivity contribution in [1.82, 2.24) is 4.98 Å². The molecule has 0 aromatic carbocycles. The molecule has 0 aromatic heterocycles. The highest BCUT2D eigenvalue weighted by atomic mass is 28.2. The number of amides is 1. The van der Waals surface area contributed by atoms with Gasteiger partial charge in [-0.05, 0) is 6.92 Å². The number of hydrogen-bond acceptors (Lipinski definition) is 3. The van der Waals surface area contributed by atoms with Crippen molar-refractivity contribution in [2.24, 2.45) is 0 Å². The maximum Gasteiger partial charge on any atom is 0.398 e. The fraction of sp³-hybridized carbons (Fsp3) is 0.333. The van der Waals surface area contributed by atoms with Gasteiger partial charge < -0.3 is 14.8 Å². The number of nitrogens with one attached hydrogen (secondary N) is 1. The van der Waals surface area contributed by atoms with Crippen LogP contribution in [0.3, 0.4) is 0 Å². The lowest BCUT2D eigenvalue weighted by molar-refractivity contribution is -0.131. The summed E-state index contributed by atoms with van der Waals surface area (Å²) < 4.78 is 4.48. The van der Waals surface area contributed by atoms with Gasteiger partial charge in [0.05, 0.1) is 6.61 Å². The number of ether oxygens (including phenoxy) is 1. The van der Waals surface area contributed by atoms with Gasteiger partial charge in [-0.15, -0.1) is 0 Å². The van der Waals surface area contributed by atoms with E-state index >= 15 is 0 Å². The van der Waals surface area contributed by atoms with Crippen molar-refractivity contribution in [3.8, 4) is 0 Å². The van der Waals surface area contributed by atoms with Crippen molar-refractivity contribution in [3.05, 3.63) is 12.7 Å². The summed E-state index contributed by atoms with van der Waals surface area (Å²) in [6, 6.07) is 0. The van der Waals surface area contributed by atoms with Crippen LogP contribution < -0.4 is 4.98 Å². The number of carbonyl (C=O) groups excluding carboxylic acids is 1. The van der Waals surface area contributed by atoms with E-state index in [9.17, 15) is 9.59 Å². The van der Waals surface area contributed by atoms with Crippen LogP contribution in [0.25, 0.3) is 0 Å². The summed E-state index contributed by atoms with van der Waals surface area (Å²) in [7, 11) is 0.663. The molecule has 0 saturated heterocycles. The molecule has 0 aliphatic rings. The molecule has 6 heteroatoms. The van der Waals surface area contributed by atoms with Crippen molar-refractivity contribution in [2.75, 3.05) is 6.61 Å². The predicted octanol–water partition coefficient (Wildman–Crippen LogP) is -0.730. The quantitative estimate of drug-likeness (QED) is 0.446. The first-order chi connectivity index (χ1) is 5.58. The Bertz CT molecular complexity index is 160. The standard InChI is InChI=1S/C3H9NO2Si.C3H4O2/c1-2-6-3(5)4-7;1-2-3(4)5/h2H2,1,7H3,(H,4,5);2H,1H2,(H,4,5). The van der Waals surface area contributed by atoms with Crippen LogP contribution in [0, 0.1) is 0 Å². The minimum Gasteiger partial charge on any atom is -0.478 e. The average molecular weight is 191 g/mol. The number of carboxylic acids is 1. The van der Waals surface area contributed by atoms with Gasteiger partial charge in [0.1, 0.15) is 10.4 Å². The number of aliphatic carboxylic acids is 1. The molecule has 5 nitrogen and oxygen atoms in total. The monoisotopic (exact) mass is 191 g/mol. The molecule has 0 unspecified atom stereocenters. The van der Waals surface area contributed by atoms with Crippen molar-refractivity contribution in [1.29, 1.82) is 0 Å². The highest BCUT2D eigenvalue weighted by Gasteiger charge is 1.88. The zero-order chi connectivity index (χ0) is 9.98. The Morgan fingerprint density at radius 3 is 2.25 bits per heavy atom. The second kappa shape index (κ2) is 9.70. The van der Waals surface area contributed by atoms with E-state index in [1.807, 2.05) is 0 Å². The molecule has 0 spiro atoms. The van der Waals surface area contributed by atoms with Crippen LogP contribution in [0.4, 0.5) is 4.79 Å². The van der Waals surface area contributed by atoms with E-state index in [1.165, 1.54) is 0 Å². The molecular formula is C6H13NO4Si.